The van der Waals surface area contributed by atoms with Crippen LogP contribution in [0.3, 0.4) is 0 Å². The molecule has 15 heteroatoms. The third kappa shape index (κ3) is 6.46. The maximum Gasteiger partial charge on any atom is 0.264 e. The van der Waals surface area contributed by atoms with Crippen molar-refractivity contribution in [1.82, 2.24) is 20.1 Å². The Morgan fingerprint density at radius 3 is 2.50 bits per heavy atom. The van der Waals surface area contributed by atoms with Crippen LogP contribution in [0.5, 0.6) is 11.5 Å². The minimum absolute atomic E-state index is 0.0378. The summed E-state index contributed by atoms with van der Waals surface area (Å²) in [6.07, 6.45) is 4.07. The van der Waals surface area contributed by atoms with Gasteiger partial charge in [0, 0.05) is 61.3 Å². The highest BCUT2D eigenvalue weighted by Crippen LogP contribution is 2.37. The number of aliphatic imine (C=N–C) groups is 1. The third-order valence-electron chi connectivity index (χ3n) is 8.84. The van der Waals surface area contributed by atoms with Crippen molar-refractivity contribution in [3.63, 3.8) is 0 Å². The molecule has 3 aliphatic rings. The SMILES string of the molecule is COc1cc(-c2cn(C)c(=O)c3c2C=NC3)cc(OC)c1COCC(=O)NCCCNc1cccc2c1C(=O)N(C1CCC(=O)NC1=O)C2=O. The number of nitrogens with one attached hydrogen (secondary N) is 3. The first-order chi connectivity index (χ1) is 24.1. The molecule has 0 saturated carbocycles. The van der Waals surface area contributed by atoms with Gasteiger partial charge >= 0.3 is 0 Å². The molecule has 1 atom stereocenters. The molecule has 0 radical (unpaired) electrons. The molecule has 0 bridgehead atoms. The number of anilines is 1. The summed E-state index contributed by atoms with van der Waals surface area (Å²) >= 11 is 0. The lowest BCUT2D eigenvalue weighted by atomic mass is 9.97. The molecule has 1 unspecified atom stereocenters. The van der Waals surface area contributed by atoms with E-state index in [0.29, 0.717) is 54.4 Å². The first kappa shape index (κ1) is 34.0. The van der Waals surface area contributed by atoms with Crippen molar-refractivity contribution in [2.75, 3.05) is 39.2 Å². The van der Waals surface area contributed by atoms with Crippen LogP contribution in [0.1, 0.15) is 56.7 Å². The highest BCUT2D eigenvalue weighted by Gasteiger charge is 2.45. The average Bonchev–Trinajstić information content (AvgIpc) is 3.69. The zero-order chi connectivity index (χ0) is 35.5. The fraction of sp³-hybridized carbons (Fsp3) is 0.343. The highest BCUT2D eigenvalue weighted by atomic mass is 16.5. The lowest BCUT2D eigenvalue weighted by molar-refractivity contribution is -0.136. The summed E-state index contributed by atoms with van der Waals surface area (Å²) in [5.41, 5.74) is 4.30. The summed E-state index contributed by atoms with van der Waals surface area (Å²) in [7, 11) is 4.76. The molecule has 3 aliphatic heterocycles. The van der Waals surface area contributed by atoms with Crippen LogP contribution >= 0.6 is 0 Å². The van der Waals surface area contributed by atoms with E-state index in [1.807, 2.05) is 12.1 Å². The Bertz CT molecular complexity index is 1980. The second-order valence-electron chi connectivity index (χ2n) is 12.0. The van der Waals surface area contributed by atoms with Crippen LogP contribution in [0.2, 0.25) is 0 Å². The standard InChI is InChI=1S/C35H36N6O9/c1-40-16-23(21-14-36-15-22(21)33(40)45)19-12-27(48-2)24(28(13-19)49-3)17-50-18-30(43)38-11-5-10-37-25-7-4-6-20-31(25)35(47)41(34(20)46)26-8-9-29(42)39-32(26)44/h4,6-7,12-14,16,26,37H,5,8-11,15,17-18H2,1-3H3,(H,38,43)(H,39,42,44). The fourth-order valence-electron chi connectivity index (χ4n) is 6.35. The van der Waals surface area contributed by atoms with E-state index in [2.05, 4.69) is 20.9 Å². The number of piperidine rings is 1. The molecule has 0 spiro atoms. The van der Waals surface area contributed by atoms with Crippen LogP contribution < -0.4 is 31.0 Å². The topological polar surface area (TPSA) is 187 Å². The predicted molar refractivity (Wildman–Crippen MR) is 180 cm³/mol. The summed E-state index contributed by atoms with van der Waals surface area (Å²) in [6, 6.07) is 7.46. The van der Waals surface area contributed by atoms with Gasteiger partial charge in [-0.05, 0) is 42.7 Å². The zero-order valence-corrected chi connectivity index (χ0v) is 27.8. The van der Waals surface area contributed by atoms with E-state index >= 15 is 0 Å². The number of rotatable bonds is 13. The predicted octanol–water partition coefficient (Wildman–Crippen LogP) is 1.54. The second-order valence-corrected chi connectivity index (χ2v) is 12.0. The molecule has 3 aromatic rings. The summed E-state index contributed by atoms with van der Waals surface area (Å²) in [6.45, 7) is 0.845. The van der Waals surface area contributed by atoms with Gasteiger partial charge in [-0.1, -0.05) is 6.07 Å². The van der Waals surface area contributed by atoms with Crippen molar-refractivity contribution in [1.29, 1.82) is 0 Å². The fourth-order valence-corrected chi connectivity index (χ4v) is 6.35. The van der Waals surface area contributed by atoms with Gasteiger partial charge in [0.2, 0.25) is 17.7 Å². The third-order valence-corrected chi connectivity index (χ3v) is 8.84. The molecule has 6 rings (SSSR count). The summed E-state index contributed by atoms with van der Waals surface area (Å²) in [4.78, 5) is 80.5. The lowest BCUT2D eigenvalue weighted by Gasteiger charge is -2.27. The number of ether oxygens (including phenoxy) is 3. The Morgan fingerprint density at radius 1 is 1.02 bits per heavy atom. The molecule has 260 valence electrons. The van der Waals surface area contributed by atoms with Crippen molar-refractivity contribution >= 4 is 41.4 Å². The Morgan fingerprint density at radius 2 is 1.78 bits per heavy atom. The molecule has 4 heterocycles. The van der Waals surface area contributed by atoms with Crippen LogP contribution in [0.15, 0.2) is 46.3 Å². The lowest BCUT2D eigenvalue weighted by Crippen LogP contribution is -2.54. The van der Waals surface area contributed by atoms with Crippen LogP contribution in [0.25, 0.3) is 11.1 Å². The van der Waals surface area contributed by atoms with Crippen LogP contribution in [0, 0.1) is 0 Å². The maximum atomic E-state index is 13.3. The van der Waals surface area contributed by atoms with Gasteiger partial charge in [-0.3, -0.25) is 44.0 Å². The molecule has 1 fully saturated rings. The zero-order valence-electron chi connectivity index (χ0n) is 27.8. The number of benzene rings is 2. The molecule has 15 nitrogen and oxygen atoms in total. The van der Waals surface area contributed by atoms with Gasteiger partial charge in [-0.2, -0.15) is 0 Å². The quantitative estimate of drug-likeness (QED) is 0.176. The highest BCUT2D eigenvalue weighted by molar-refractivity contribution is 6.25. The van der Waals surface area contributed by atoms with Crippen molar-refractivity contribution in [2.45, 2.75) is 38.5 Å². The molecule has 50 heavy (non-hydrogen) atoms. The van der Waals surface area contributed by atoms with Gasteiger partial charge in [0.1, 0.15) is 24.1 Å². The van der Waals surface area contributed by atoms with Crippen LogP contribution in [0.4, 0.5) is 5.69 Å². The molecule has 0 aliphatic carbocycles. The first-order valence-electron chi connectivity index (χ1n) is 16.0. The number of carbonyl (C=O) groups excluding carboxylic acids is 5. The van der Waals surface area contributed by atoms with Crippen molar-refractivity contribution in [3.8, 4) is 22.6 Å². The molecular formula is C35H36N6O9. The van der Waals surface area contributed by atoms with Crippen molar-refractivity contribution < 1.29 is 38.2 Å². The number of pyridine rings is 1. The number of carbonyl (C=O) groups is 5. The van der Waals surface area contributed by atoms with E-state index in [0.717, 1.165) is 21.6 Å². The summed E-state index contributed by atoms with van der Waals surface area (Å²) in [5.74, 6) is -1.62. The summed E-state index contributed by atoms with van der Waals surface area (Å²) < 4.78 is 18.6. The van der Waals surface area contributed by atoms with E-state index in [1.54, 1.807) is 31.6 Å². The van der Waals surface area contributed by atoms with Crippen molar-refractivity contribution in [2.24, 2.45) is 12.0 Å². The molecule has 5 amide bonds. The minimum Gasteiger partial charge on any atom is -0.496 e. The Labute approximate surface area is 286 Å². The van der Waals surface area contributed by atoms with E-state index < -0.39 is 29.7 Å². The normalized spacial score (nSPS) is 16.3. The Balaban J connectivity index is 1.00. The first-order valence-corrected chi connectivity index (χ1v) is 16.0. The van der Waals surface area contributed by atoms with E-state index in [9.17, 15) is 28.8 Å². The number of fused-ring (bicyclic) bond motifs is 2. The number of aryl methyl sites for hydroxylation is 1. The van der Waals surface area contributed by atoms with Gasteiger partial charge in [0.15, 0.2) is 0 Å². The van der Waals surface area contributed by atoms with E-state index in [-0.39, 0.29) is 48.6 Å². The van der Waals surface area contributed by atoms with Gasteiger partial charge in [0.05, 0.1) is 44.1 Å². The van der Waals surface area contributed by atoms with Crippen LogP contribution in [-0.4, -0.2) is 85.2 Å². The molecule has 2 aromatic carbocycles. The number of hydrogen-bond acceptors (Lipinski definition) is 11. The van der Waals surface area contributed by atoms with Gasteiger partial charge in [0.25, 0.3) is 17.4 Å². The molecule has 3 N–H and O–H groups in total. The Hall–Kier alpha value is -5.83. The second kappa shape index (κ2) is 14.3. The number of hydrogen-bond donors (Lipinski definition) is 3. The Kier molecular flexibility index (Phi) is 9.76. The monoisotopic (exact) mass is 684 g/mol. The number of methoxy groups -OCH3 is 2. The van der Waals surface area contributed by atoms with E-state index in [1.165, 1.54) is 24.9 Å². The number of amides is 5. The van der Waals surface area contributed by atoms with Gasteiger partial charge in [-0.25, -0.2) is 0 Å². The van der Waals surface area contributed by atoms with Crippen molar-refractivity contribution in [3.05, 3.63) is 74.7 Å². The molecule has 1 aromatic heterocycles. The minimum atomic E-state index is -1.05. The van der Waals surface area contributed by atoms with Gasteiger partial charge in [-0.15, -0.1) is 0 Å². The summed E-state index contributed by atoms with van der Waals surface area (Å²) in [5, 5.41) is 8.13. The number of aromatic nitrogens is 1. The van der Waals surface area contributed by atoms with Gasteiger partial charge < -0.3 is 29.4 Å². The largest absolute Gasteiger partial charge is 0.496 e. The van der Waals surface area contributed by atoms with E-state index in [4.69, 9.17) is 14.2 Å². The average molecular weight is 685 g/mol. The number of nitrogens with zero attached hydrogens (tertiary/aromatic N) is 3. The number of imide groups is 2. The smallest absolute Gasteiger partial charge is 0.264 e. The maximum absolute atomic E-state index is 13.3. The molecule has 1 saturated heterocycles. The van der Waals surface area contributed by atoms with Crippen LogP contribution in [-0.2, 0) is 39.3 Å². The molecular weight excluding hydrogens is 648 g/mol.